The minimum absolute atomic E-state index is 0.550. The van der Waals surface area contributed by atoms with E-state index in [1.54, 1.807) is 12.2 Å². The molecule has 16 heavy (non-hydrogen) atoms. The van der Waals surface area contributed by atoms with Gasteiger partial charge in [-0.05, 0) is 12.1 Å². The lowest BCUT2D eigenvalue weighted by Gasteiger charge is -2.20. The predicted octanol–water partition coefficient (Wildman–Crippen LogP) is 1.87. The number of hydrogen-bond acceptors (Lipinski definition) is 3. The normalized spacial score (nSPS) is 23.4. The third kappa shape index (κ3) is 1.33. The molecule has 0 saturated heterocycles. The van der Waals surface area contributed by atoms with Crippen molar-refractivity contribution < 1.29 is 10.2 Å². The Labute approximate surface area is 92.7 Å². The molecule has 0 saturated carbocycles. The van der Waals surface area contributed by atoms with Gasteiger partial charge >= 0.3 is 0 Å². The zero-order valence-corrected chi connectivity index (χ0v) is 8.54. The average Bonchev–Trinajstić information content (AvgIpc) is 2.32. The highest BCUT2D eigenvalue weighted by molar-refractivity contribution is 5.79. The third-order valence-electron chi connectivity index (χ3n) is 2.86. The summed E-state index contributed by atoms with van der Waals surface area (Å²) in [5.74, 6) is 0. The van der Waals surface area contributed by atoms with E-state index in [1.165, 1.54) is 0 Å². The molecule has 2 N–H and O–H groups in total. The van der Waals surface area contributed by atoms with Gasteiger partial charge in [-0.25, -0.2) is 4.98 Å². The number of nitrogens with zero attached hydrogens (tertiary/aromatic N) is 1. The van der Waals surface area contributed by atoms with E-state index in [0.717, 1.165) is 10.9 Å². The molecular formula is C13H11NO2. The summed E-state index contributed by atoms with van der Waals surface area (Å²) in [6, 6.07) is 9.56. The number of aliphatic hydroxyl groups excluding tert-OH is 2. The van der Waals surface area contributed by atoms with Crippen LogP contribution in [0.4, 0.5) is 0 Å². The quantitative estimate of drug-likeness (QED) is 0.657. The molecule has 1 aromatic heterocycles. The number of benzene rings is 1. The number of aromatic nitrogens is 1. The molecule has 0 spiro atoms. The fourth-order valence-electron chi connectivity index (χ4n) is 2.03. The summed E-state index contributed by atoms with van der Waals surface area (Å²) in [4.78, 5) is 4.39. The van der Waals surface area contributed by atoms with Crippen LogP contribution >= 0.6 is 0 Å². The Morgan fingerprint density at radius 3 is 2.62 bits per heavy atom. The van der Waals surface area contributed by atoms with Gasteiger partial charge in [0, 0.05) is 10.9 Å². The smallest absolute Gasteiger partial charge is 0.115 e. The van der Waals surface area contributed by atoms with Crippen molar-refractivity contribution in [2.75, 3.05) is 0 Å². The minimum Gasteiger partial charge on any atom is -0.384 e. The van der Waals surface area contributed by atoms with Gasteiger partial charge in [0.05, 0.1) is 17.3 Å². The average molecular weight is 213 g/mol. The van der Waals surface area contributed by atoms with Crippen molar-refractivity contribution in [3.63, 3.8) is 0 Å². The first kappa shape index (κ1) is 9.51. The molecule has 0 fully saturated rings. The van der Waals surface area contributed by atoms with E-state index in [1.807, 2.05) is 30.3 Å². The van der Waals surface area contributed by atoms with Crippen LogP contribution < -0.4 is 0 Å². The first-order valence-electron chi connectivity index (χ1n) is 5.20. The molecule has 0 aliphatic heterocycles. The number of para-hydroxylation sites is 1. The van der Waals surface area contributed by atoms with Crippen LogP contribution in [0.25, 0.3) is 10.9 Å². The zero-order chi connectivity index (χ0) is 11.1. The van der Waals surface area contributed by atoms with Crippen LogP contribution in [0, 0.1) is 0 Å². The predicted molar refractivity (Wildman–Crippen MR) is 60.8 cm³/mol. The lowest BCUT2D eigenvalue weighted by atomic mass is 9.96. The lowest BCUT2D eigenvalue weighted by Crippen LogP contribution is -2.11. The van der Waals surface area contributed by atoms with E-state index in [-0.39, 0.29) is 0 Å². The molecule has 3 nitrogen and oxygen atoms in total. The Bertz CT molecular complexity index is 527. The van der Waals surface area contributed by atoms with Gasteiger partial charge in [0.25, 0.3) is 0 Å². The van der Waals surface area contributed by atoms with Crippen LogP contribution in [0.15, 0.2) is 42.5 Å². The van der Waals surface area contributed by atoms with Gasteiger partial charge in [0.2, 0.25) is 0 Å². The van der Waals surface area contributed by atoms with Crippen LogP contribution in [0.5, 0.6) is 0 Å². The number of rotatable bonds is 0. The Balaban J connectivity index is 2.31. The molecule has 0 bridgehead atoms. The minimum atomic E-state index is -0.719. The highest BCUT2D eigenvalue weighted by Crippen LogP contribution is 2.31. The van der Waals surface area contributed by atoms with Crippen molar-refractivity contribution in [3.8, 4) is 0 Å². The van der Waals surface area contributed by atoms with Crippen LogP contribution in [0.3, 0.4) is 0 Å². The fourth-order valence-corrected chi connectivity index (χ4v) is 2.03. The van der Waals surface area contributed by atoms with Gasteiger partial charge in [-0.3, -0.25) is 0 Å². The first-order valence-corrected chi connectivity index (χ1v) is 5.20. The van der Waals surface area contributed by atoms with E-state index < -0.39 is 12.2 Å². The first-order chi connectivity index (χ1) is 7.75. The summed E-state index contributed by atoms with van der Waals surface area (Å²) in [6.07, 6.45) is 1.76. The summed E-state index contributed by atoms with van der Waals surface area (Å²) >= 11 is 0. The molecule has 2 unspecified atom stereocenters. The van der Waals surface area contributed by atoms with Crippen LogP contribution in [0.2, 0.25) is 0 Å². The number of aliphatic hydroxyl groups is 2. The number of pyridine rings is 1. The number of hydrogen-bond donors (Lipinski definition) is 2. The van der Waals surface area contributed by atoms with E-state index in [9.17, 15) is 10.2 Å². The molecule has 80 valence electrons. The summed E-state index contributed by atoms with van der Waals surface area (Å²) < 4.78 is 0. The second-order valence-corrected chi connectivity index (χ2v) is 3.93. The maximum Gasteiger partial charge on any atom is 0.115 e. The Morgan fingerprint density at radius 2 is 1.75 bits per heavy atom. The molecule has 1 heterocycles. The van der Waals surface area contributed by atoms with Gasteiger partial charge in [0.15, 0.2) is 0 Å². The van der Waals surface area contributed by atoms with Gasteiger partial charge < -0.3 is 10.2 Å². The molecule has 2 atom stereocenters. The van der Waals surface area contributed by atoms with Crippen LogP contribution in [-0.4, -0.2) is 15.2 Å². The SMILES string of the molecule is OC1C=CC(O)c2nc3ccccc3cc21. The molecule has 1 aliphatic carbocycles. The van der Waals surface area contributed by atoms with Crippen molar-refractivity contribution in [2.24, 2.45) is 0 Å². The summed E-state index contributed by atoms with van der Waals surface area (Å²) in [6.45, 7) is 0. The molecule has 2 aromatic rings. The highest BCUT2D eigenvalue weighted by atomic mass is 16.3. The monoisotopic (exact) mass is 213 g/mol. The van der Waals surface area contributed by atoms with Crippen molar-refractivity contribution >= 4 is 10.9 Å². The van der Waals surface area contributed by atoms with E-state index in [4.69, 9.17) is 0 Å². The van der Waals surface area contributed by atoms with Crippen molar-refractivity contribution in [3.05, 3.63) is 53.7 Å². The second-order valence-electron chi connectivity index (χ2n) is 3.93. The van der Waals surface area contributed by atoms with E-state index >= 15 is 0 Å². The maximum atomic E-state index is 9.80. The Hall–Kier alpha value is -1.71. The Kier molecular flexibility index (Phi) is 2.02. The van der Waals surface area contributed by atoms with Gasteiger partial charge in [-0.2, -0.15) is 0 Å². The molecule has 0 amide bonds. The summed E-state index contributed by atoms with van der Waals surface area (Å²) in [5.41, 5.74) is 2.07. The van der Waals surface area contributed by atoms with Crippen molar-refractivity contribution in [1.82, 2.24) is 4.98 Å². The molecule has 1 aliphatic rings. The van der Waals surface area contributed by atoms with Gasteiger partial charge in [-0.15, -0.1) is 0 Å². The van der Waals surface area contributed by atoms with E-state index in [2.05, 4.69) is 4.98 Å². The van der Waals surface area contributed by atoms with Crippen LogP contribution in [0.1, 0.15) is 23.5 Å². The molecule has 0 radical (unpaired) electrons. The van der Waals surface area contributed by atoms with Crippen molar-refractivity contribution in [2.45, 2.75) is 12.2 Å². The molecule has 3 heteroatoms. The second kappa shape index (κ2) is 3.40. The topological polar surface area (TPSA) is 53.4 Å². The molecular weight excluding hydrogens is 202 g/mol. The third-order valence-corrected chi connectivity index (χ3v) is 2.86. The summed E-state index contributed by atoms with van der Waals surface area (Å²) in [7, 11) is 0. The lowest BCUT2D eigenvalue weighted by molar-refractivity contribution is 0.185. The van der Waals surface area contributed by atoms with Gasteiger partial charge in [0.1, 0.15) is 6.10 Å². The largest absolute Gasteiger partial charge is 0.384 e. The Morgan fingerprint density at radius 1 is 1.00 bits per heavy atom. The standard InChI is InChI=1S/C13H11NO2/c15-11-5-6-12(16)13-9(11)7-8-3-1-2-4-10(8)14-13/h1-7,11-12,15-16H. The van der Waals surface area contributed by atoms with Crippen molar-refractivity contribution in [1.29, 1.82) is 0 Å². The zero-order valence-electron chi connectivity index (χ0n) is 8.54. The highest BCUT2D eigenvalue weighted by Gasteiger charge is 2.21. The van der Waals surface area contributed by atoms with E-state index in [0.29, 0.717) is 11.3 Å². The molecule has 3 rings (SSSR count). The maximum absolute atomic E-state index is 9.80. The summed E-state index contributed by atoms with van der Waals surface area (Å²) in [5, 5.41) is 20.6. The number of fused-ring (bicyclic) bond motifs is 2. The van der Waals surface area contributed by atoms with Gasteiger partial charge in [-0.1, -0.05) is 30.4 Å². The van der Waals surface area contributed by atoms with Crippen LogP contribution in [-0.2, 0) is 0 Å². The molecule has 1 aromatic carbocycles. The fraction of sp³-hybridized carbons (Fsp3) is 0.154.